The van der Waals surface area contributed by atoms with E-state index in [9.17, 15) is 8.78 Å². The van der Waals surface area contributed by atoms with Crippen LogP contribution in [0, 0.1) is 11.6 Å². The molecular weight excluding hydrogens is 318 g/mol. The summed E-state index contributed by atoms with van der Waals surface area (Å²) >= 11 is 3.00. The summed E-state index contributed by atoms with van der Waals surface area (Å²) in [5, 5.41) is 9.13. The van der Waals surface area contributed by atoms with Crippen molar-refractivity contribution in [1.29, 1.82) is 0 Å². The Kier molecular flexibility index (Phi) is 4.50. The summed E-state index contributed by atoms with van der Waals surface area (Å²) in [6, 6.07) is 9.27. The van der Waals surface area contributed by atoms with Gasteiger partial charge in [0.05, 0.1) is 16.6 Å². The maximum Gasteiger partial charge on any atom is 0.146 e. The van der Waals surface area contributed by atoms with Crippen LogP contribution in [0.2, 0.25) is 0 Å². The fraction of sp³-hybridized carbons (Fsp3) is 0.143. The lowest BCUT2D eigenvalue weighted by Crippen LogP contribution is -2.04. The quantitative estimate of drug-likeness (QED) is 0.865. The summed E-state index contributed by atoms with van der Waals surface area (Å²) in [6.45, 7) is -0.437. The fourth-order valence-electron chi connectivity index (χ4n) is 1.63. The molecule has 0 saturated carbocycles. The molecule has 0 heterocycles. The molecule has 1 N–H and O–H groups in total. The van der Waals surface area contributed by atoms with E-state index in [0.29, 0.717) is 11.3 Å². The Balaban J connectivity index is 2.21. The molecule has 0 radical (unpaired) electrons. The lowest BCUT2D eigenvalue weighted by Gasteiger charge is -2.11. The minimum absolute atomic E-state index is 0.151. The molecule has 0 spiro atoms. The predicted octanol–water partition coefficient (Wildman–Crippen LogP) is 3.80. The molecule has 0 atom stereocenters. The van der Waals surface area contributed by atoms with Gasteiger partial charge < -0.3 is 9.84 Å². The first-order chi connectivity index (χ1) is 9.13. The largest absolute Gasteiger partial charge is 0.488 e. The fourth-order valence-corrected chi connectivity index (χ4v) is 2.00. The third-order valence-corrected chi connectivity index (χ3v) is 3.27. The first kappa shape index (κ1) is 14.0. The van der Waals surface area contributed by atoms with Gasteiger partial charge in [-0.3, -0.25) is 0 Å². The van der Waals surface area contributed by atoms with Gasteiger partial charge in [-0.1, -0.05) is 18.2 Å². The van der Waals surface area contributed by atoms with Crippen molar-refractivity contribution in [3.8, 4) is 5.75 Å². The zero-order valence-corrected chi connectivity index (χ0v) is 11.5. The van der Waals surface area contributed by atoms with Crippen LogP contribution in [0.4, 0.5) is 8.78 Å². The van der Waals surface area contributed by atoms with Gasteiger partial charge in [-0.15, -0.1) is 0 Å². The van der Waals surface area contributed by atoms with Gasteiger partial charge in [0.15, 0.2) is 0 Å². The summed E-state index contributed by atoms with van der Waals surface area (Å²) in [5.74, 6) is -0.938. The van der Waals surface area contributed by atoms with Crippen LogP contribution in [0.25, 0.3) is 0 Å². The van der Waals surface area contributed by atoms with Gasteiger partial charge in [0.2, 0.25) is 0 Å². The van der Waals surface area contributed by atoms with E-state index >= 15 is 0 Å². The summed E-state index contributed by atoms with van der Waals surface area (Å²) < 4.78 is 32.8. The Bertz CT molecular complexity index is 588. The van der Waals surface area contributed by atoms with Crippen molar-refractivity contribution in [1.82, 2.24) is 0 Å². The SMILES string of the molecule is OCc1ccccc1OCc1c(F)ccc(Br)c1F. The number of hydrogen-bond donors (Lipinski definition) is 1. The molecule has 0 aromatic heterocycles. The second-order valence-electron chi connectivity index (χ2n) is 3.88. The van der Waals surface area contributed by atoms with Gasteiger partial charge in [0.1, 0.15) is 24.0 Å². The molecule has 0 bridgehead atoms. The molecule has 0 unspecified atom stereocenters. The van der Waals surface area contributed by atoms with Crippen molar-refractivity contribution in [2.24, 2.45) is 0 Å². The predicted molar refractivity (Wildman–Crippen MR) is 70.8 cm³/mol. The number of hydrogen-bond acceptors (Lipinski definition) is 2. The Morgan fingerprint density at radius 2 is 1.84 bits per heavy atom. The molecule has 0 aliphatic carbocycles. The summed E-state index contributed by atoms with van der Waals surface area (Å²) in [5.41, 5.74) is 0.417. The minimum Gasteiger partial charge on any atom is -0.488 e. The highest BCUT2D eigenvalue weighted by Crippen LogP contribution is 2.24. The van der Waals surface area contributed by atoms with Gasteiger partial charge in [-0.25, -0.2) is 8.78 Å². The molecule has 19 heavy (non-hydrogen) atoms. The zero-order chi connectivity index (χ0) is 13.8. The van der Waals surface area contributed by atoms with E-state index in [-0.39, 0.29) is 23.2 Å². The number of para-hydroxylation sites is 1. The number of aliphatic hydroxyl groups excluding tert-OH is 1. The molecule has 2 aromatic rings. The van der Waals surface area contributed by atoms with Crippen LogP contribution in [0.3, 0.4) is 0 Å². The second-order valence-corrected chi connectivity index (χ2v) is 4.73. The third-order valence-electron chi connectivity index (χ3n) is 2.65. The number of benzene rings is 2. The van der Waals surface area contributed by atoms with Crippen LogP contribution in [0.1, 0.15) is 11.1 Å². The van der Waals surface area contributed by atoms with Crippen LogP contribution in [0.5, 0.6) is 5.75 Å². The van der Waals surface area contributed by atoms with Gasteiger partial charge in [-0.05, 0) is 34.1 Å². The van der Waals surface area contributed by atoms with Crippen LogP contribution in [-0.4, -0.2) is 5.11 Å². The van der Waals surface area contributed by atoms with Gasteiger partial charge in [0.25, 0.3) is 0 Å². The van der Waals surface area contributed by atoms with Crippen LogP contribution >= 0.6 is 15.9 Å². The monoisotopic (exact) mass is 328 g/mol. The molecular formula is C14H11BrF2O2. The van der Waals surface area contributed by atoms with Crippen molar-refractivity contribution in [3.05, 3.63) is 63.6 Å². The van der Waals surface area contributed by atoms with E-state index in [0.717, 1.165) is 0 Å². The zero-order valence-electron chi connectivity index (χ0n) is 9.87. The van der Waals surface area contributed by atoms with Crippen LogP contribution in [0.15, 0.2) is 40.9 Å². The number of halogens is 3. The highest BCUT2D eigenvalue weighted by atomic mass is 79.9. The van der Waals surface area contributed by atoms with E-state index in [1.165, 1.54) is 12.1 Å². The Labute approximate surface area is 117 Å². The average Bonchev–Trinajstić information content (AvgIpc) is 2.43. The topological polar surface area (TPSA) is 29.5 Å². The lowest BCUT2D eigenvalue weighted by molar-refractivity contribution is 0.255. The van der Waals surface area contributed by atoms with E-state index in [1.54, 1.807) is 24.3 Å². The standard InChI is InChI=1S/C14H11BrF2O2/c15-11-5-6-12(16)10(14(11)17)8-19-13-4-2-1-3-9(13)7-18/h1-6,18H,7-8H2. The molecule has 0 aliphatic heterocycles. The number of rotatable bonds is 4. The van der Waals surface area contributed by atoms with E-state index in [4.69, 9.17) is 9.84 Å². The molecule has 0 amide bonds. The number of aliphatic hydroxyl groups is 1. The van der Waals surface area contributed by atoms with Crippen molar-refractivity contribution in [2.75, 3.05) is 0 Å². The molecule has 0 saturated heterocycles. The highest BCUT2D eigenvalue weighted by molar-refractivity contribution is 9.10. The molecule has 2 nitrogen and oxygen atoms in total. The van der Waals surface area contributed by atoms with Crippen molar-refractivity contribution < 1.29 is 18.6 Å². The summed E-state index contributed by atoms with van der Waals surface area (Å²) in [7, 11) is 0. The smallest absolute Gasteiger partial charge is 0.146 e. The van der Waals surface area contributed by atoms with Crippen molar-refractivity contribution >= 4 is 15.9 Å². The van der Waals surface area contributed by atoms with E-state index < -0.39 is 11.6 Å². The maximum absolute atomic E-state index is 13.7. The van der Waals surface area contributed by atoms with Gasteiger partial charge in [0, 0.05) is 5.56 Å². The first-order valence-corrected chi connectivity index (χ1v) is 6.36. The van der Waals surface area contributed by atoms with E-state index in [1.807, 2.05) is 0 Å². The van der Waals surface area contributed by atoms with Crippen LogP contribution in [-0.2, 0) is 13.2 Å². The molecule has 0 aliphatic rings. The van der Waals surface area contributed by atoms with Crippen molar-refractivity contribution in [2.45, 2.75) is 13.2 Å². The van der Waals surface area contributed by atoms with E-state index in [2.05, 4.69) is 15.9 Å². The Morgan fingerprint density at radius 3 is 2.58 bits per heavy atom. The molecule has 0 fully saturated rings. The van der Waals surface area contributed by atoms with Crippen LogP contribution < -0.4 is 4.74 Å². The first-order valence-electron chi connectivity index (χ1n) is 5.57. The lowest BCUT2D eigenvalue weighted by atomic mass is 10.2. The molecule has 5 heteroatoms. The minimum atomic E-state index is -0.679. The second kappa shape index (κ2) is 6.12. The Morgan fingerprint density at radius 1 is 1.11 bits per heavy atom. The highest BCUT2D eigenvalue weighted by Gasteiger charge is 2.13. The average molecular weight is 329 g/mol. The number of ether oxygens (including phenoxy) is 1. The van der Waals surface area contributed by atoms with Crippen molar-refractivity contribution in [3.63, 3.8) is 0 Å². The maximum atomic E-state index is 13.7. The molecule has 100 valence electrons. The normalized spacial score (nSPS) is 10.5. The van der Waals surface area contributed by atoms with Gasteiger partial charge >= 0.3 is 0 Å². The summed E-state index contributed by atoms with van der Waals surface area (Å²) in [6.07, 6.45) is 0. The third kappa shape index (κ3) is 3.11. The Hall–Kier alpha value is -1.46. The van der Waals surface area contributed by atoms with Gasteiger partial charge in [-0.2, -0.15) is 0 Å². The molecule has 2 aromatic carbocycles. The molecule has 2 rings (SSSR count). The summed E-state index contributed by atoms with van der Waals surface area (Å²) in [4.78, 5) is 0.